The minimum absolute atomic E-state index is 0.0332. The lowest BCUT2D eigenvalue weighted by molar-refractivity contribution is -0.137. The number of aliphatic carboxylic acids is 1. The number of nitrogens with zero attached hydrogens (tertiary/aromatic N) is 1. The first-order valence-corrected chi connectivity index (χ1v) is 8.03. The first kappa shape index (κ1) is 17.6. The van der Waals surface area contributed by atoms with Crippen LogP contribution in [0.25, 0.3) is 6.08 Å². The molecule has 1 aromatic carbocycles. The number of halogens is 2. The molecule has 1 amide bonds. The third kappa shape index (κ3) is 4.59. The van der Waals surface area contributed by atoms with E-state index in [1.165, 1.54) is 17.0 Å². The van der Waals surface area contributed by atoms with Crippen LogP contribution < -0.4 is 0 Å². The fraction of sp³-hybridized carbons (Fsp3) is 0.267. The van der Waals surface area contributed by atoms with Crippen molar-refractivity contribution in [3.8, 4) is 0 Å². The Morgan fingerprint density at radius 2 is 2.09 bits per heavy atom. The van der Waals surface area contributed by atoms with Crippen LogP contribution >= 0.6 is 24.0 Å². The van der Waals surface area contributed by atoms with Crippen LogP contribution in [-0.4, -0.2) is 32.7 Å². The number of thioether (sulfide) groups is 1. The monoisotopic (exact) mass is 357 g/mol. The molecule has 0 atom stereocenters. The van der Waals surface area contributed by atoms with Gasteiger partial charge in [0.2, 0.25) is 0 Å². The minimum Gasteiger partial charge on any atom is -0.481 e. The van der Waals surface area contributed by atoms with Gasteiger partial charge in [0.1, 0.15) is 16.0 Å². The second-order valence-corrected chi connectivity index (χ2v) is 6.53. The van der Waals surface area contributed by atoms with E-state index in [0.717, 1.165) is 23.9 Å². The lowest BCUT2D eigenvalue weighted by atomic mass is 10.2. The van der Waals surface area contributed by atoms with Gasteiger partial charge in [-0.1, -0.05) is 24.0 Å². The predicted octanol–water partition coefficient (Wildman–Crippen LogP) is 3.42. The Morgan fingerprint density at radius 3 is 2.74 bits per heavy atom. The molecule has 2 rings (SSSR count). The number of carbonyl (C=O) groups excluding carboxylic acids is 1. The summed E-state index contributed by atoms with van der Waals surface area (Å²) in [4.78, 5) is 24.3. The van der Waals surface area contributed by atoms with Gasteiger partial charge in [0.25, 0.3) is 5.91 Å². The van der Waals surface area contributed by atoms with E-state index in [0.29, 0.717) is 23.7 Å². The summed E-state index contributed by atoms with van der Waals surface area (Å²) in [6.45, 7) is 0.321. The van der Waals surface area contributed by atoms with E-state index < -0.39 is 17.6 Å². The van der Waals surface area contributed by atoms with Gasteiger partial charge in [-0.3, -0.25) is 14.5 Å². The molecular formula is C15H13F2NO3S2. The number of carboxylic acids is 1. The molecule has 1 fully saturated rings. The second-order valence-electron chi connectivity index (χ2n) is 4.85. The zero-order valence-corrected chi connectivity index (χ0v) is 13.6. The van der Waals surface area contributed by atoms with Gasteiger partial charge >= 0.3 is 5.97 Å². The van der Waals surface area contributed by atoms with Crippen LogP contribution in [-0.2, 0) is 9.59 Å². The van der Waals surface area contributed by atoms with Crippen molar-refractivity contribution in [2.24, 2.45) is 0 Å². The van der Waals surface area contributed by atoms with Crippen LogP contribution in [0.2, 0.25) is 0 Å². The molecule has 1 saturated heterocycles. The molecule has 1 N–H and O–H groups in total. The van der Waals surface area contributed by atoms with E-state index >= 15 is 0 Å². The van der Waals surface area contributed by atoms with E-state index in [4.69, 9.17) is 17.3 Å². The Morgan fingerprint density at radius 1 is 1.35 bits per heavy atom. The number of rotatable bonds is 6. The van der Waals surface area contributed by atoms with Gasteiger partial charge in [-0.15, -0.1) is 0 Å². The third-order valence-electron chi connectivity index (χ3n) is 3.15. The molecule has 0 bridgehead atoms. The molecule has 0 unspecified atom stereocenters. The Labute approximate surface area is 141 Å². The normalized spacial score (nSPS) is 16.4. The van der Waals surface area contributed by atoms with Crippen molar-refractivity contribution in [2.45, 2.75) is 19.3 Å². The molecule has 1 aromatic rings. The maximum Gasteiger partial charge on any atom is 0.303 e. The number of thiocarbonyl (C=S) groups is 1. The zero-order valence-electron chi connectivity index (χ0n) is 11.9. The molecule has 0 aliphatic carbocycles. The first-order chi connectivity index (χ1) is 10.9. The molecule has 122 valence electrons. The summed E-state index contributed by atoms with van der Waals surface area (Å²) in [6.07, 6.45) is 2.33. The Balaban J connectivity index is 2.05. The van der Waals surface area contributed by atoms with E-state index in [9.17, 15) is 18.4 Å². The molecule has 23 heavy (non-hydrogen) atoms. The summed E-state index contributed by atoms with van der Waals surface area (Å²) in [5.41, 5.74) is 0.109. The molecular weight excluding hydrogens is 344 g/mol. The molecule has 0 spiro atoms. The van der Waals surface area contributed by atoms with Gasteiger partial charge in [0, 0.05) is 24.6 Å². The van der Waals surface area contributed by atoms with E-state index in [2.05, 4.69) is 0 Å². The number of carboxylic acid groups (broad SMARTS) is 1. The highest BCUT2D eigenvalue weighted by molar-refractivity contribution is 8.26. The average Bonchev–Trinajstić information content (AvgIpc) is 2.73. The van der Waals surface area contributed by atoms with Crippen molar-refractivity contribution in [2.75, 3.05) is 6.54 Å². The lowest BCUT2D eigenvalue weighted by Gasteiger charge is -2.13. The molecule has 1 heterocycles. The minimum atomic E-state index is -0.887. The van der Waals surface area contributed by atoms with Crippen LogP contribution in [0.1, 0.15) is 24.8 Å². The van der Waals surface area contributed by atoms with Crippen LogP contribution in [0.5, 0.6) is 0 Å². The van der Waals surface area contributed by atoms with Crippen LogP contribution in [0.4, 0.5) is 8.78 Å². The smallest absolute Gasteiger partial charge is 0.303 e. The summed E-state index contributed by atoms with van der Waals surface area (Å²) < 4.78 is 26.9. The molecule has 4 nitrogen and oxygen atoms in total. The Bertz CT molecular complexity index is 691. The second kappa shape index (κ2) is 7.65. The van der Waals surface area contributed by atoms with E-state index in [1.54, 1.807) is 0 Å². The quantitative estimate of drug-likeness (QED) is 0.480. The zero-order chi connectivity index (χ0) is 17.0. The summed E-state index contributed by atoms with van der Waals surface area (Å²) in [5, 5.41) is 8.58. The van der Waals surface area contributed by atoms with Crippen molar-refractivity contribution in [3.63, 3.8) is 0 Å². The number of hydrogen-bond donors (Lipinski definition) is 1. The molecule has 0 aromatic heterocycles. The molecule has 0 saturated carbocycles. The highest BCUT2D eigenvalue weighted by Crippen LogP contribution is 2.33. The number of amides is 1. The standard InChI is InChI=1S/C15H13F2NO3S2/c16-10-5-4-9(11(17)8-10)7-12-14(21)18(15(22)23-12)6-2-1-3-13(19)20/h4-5,7-8H,1-3,6H2,(H,19,20)/b12-7+. The average molecular weight is 357 g/mol. The number of unbranched alkanes of at least 4 members (excludes halogenated alkanes) is 1. The first-order valence-electron chi connectivity index (χ1n) is 6.80. The van der Waals surface area contributed by atoms with Crippen LogP contribution in [0.3, 0.4) is 0 Å². The lowest BCUT2D eigenvalue weighted by Crippen LogP contribution is -2.29. The maximum atomic E-state index is 13.6. The summed E-state index contributed by atoms with van der Waals surface area (Å²) >= 11 is 6.17. The SMILES string of the molecule is O=C(O)CCCCN1C(=O)/C(=C\c2ccc(F)cc2F)SC1=S. The number of benzene rings is 1. The van der Waals surface area contributed by atoms with Crippen molar-refractivity contribution in [1.29, 1.82) is 0 Å². The summed E-state index contributed by atoms with van der Waals surface area (Å²) in [5.74, 6) is -2.68. The summed E-state index contributed by atoms with van der Waals surface area (Å²) in [7, 11) is 0. The van der Waals surface area contributed by atoms with Crippen molar-refractivity contribution in [1.82, 2.24) is 4.90 Å². The number of hydrogen-bond acceptors (Lipinski definition) is 4. The van der Waals surface area contributed by atoms with E-state index in [-0.39, 0.29) is 22.8 Å². The topological polar surface area (TPSA) is 57.6 Å². The predicted molar refractivity (Wildman–Crippen MR) is 87.7 cm³/mol. The highest BCUT2D eigenvalue weighted by Gasteiger charge is 2.31. The van der Waals surface area contributed by atoms with Gasteiger partial charge in [0.05, 0.1) is 4.91 Å². The molecule has 8 heteroatoms. The maximum absolute atomic E-state index is 13.6. The molecule has 0 radical (unpaired) electrons. The van der Waals surface area contributed by atoms with Crippen molar-refractivity contribution in [3.05, 3.63) is 40.3 Å². The highest BCUT2D eigenvalue weighted by atomic mass is 32.2. The van der Waals surface area contributed by atoms with Crippen LogP contribution in [0, 0.1) is 11.6 Å². The Hall–Kier alpha value is -1.80. The van der Waals surface area contributed by atoms with Gasteiger partial charge in [-0.2, -0.15) is 0 Å². The fourth-order valence-electron chi connectivity index (χ4n) is 2.00. The Kier molecular flexibility index (Phi) is 5.84. The van der Waals surface area contributed by atoms with E-state index in [1.807, 2.05) is 0 Å². The van der Waals surface area contributed by atoms with Crippen molar-refractivity contribution >= 4 is 46.3 Å². The molecule has 1 aliphatic heterocycles. The fourth-order valence-corrected chi connectivity index (χ4v) is 3.30. The van der Waals surface area contributed by atoms with Gasteiger partial charge in [0.15, 0.2) is 0 Å². The van der Waals surface area contributed by atoms with Gasteiger partial charge in [-0.25, -0.2) is 8.78 Å². The summed E-state index contributed by atoms with van der Waals surface area (Å²) in [6, 6.07) is 3.12. The van der Waals surface area contributed by atoms with Gasteiger partial charge < -0.3 is 5.11 Å². The van der Waals surface area contributed by atoms with Crippen LogP contribution in [0.15, 0.2) is 23.1 Å². The molecule has 1 aliphatic rings. The largest absolute Gasteiger partial charge is 0.481 e. The van der Waals surface area contributed by atoms with Gasteiger partial charge in [-0.05, 0) is 31.1 Å². The third-order valence-corrected chi connectivity index (χ3v) is 4.52. The van der Waals surface area contributed by atoms with Crippen molar-refractivity contribution < 1.29 is 23.5 Å². The number of carbonyl (C=O) groups is 2.